The molecule has 0 radical (unpaired) electrons. The molecule has 0 saturated heterocycles. The highest BCUT2D eigenvalue weighted by Crippen LogP contribution is 2.12. The van der Waals surface area contributed by atoms with Crippen LogP contribution in [0.3, 0.4) is 0 Å². The highest BCUT2D eigenvalue weighted by atomic mass is 16.1. The second kappa shape index (κ2) is 4.65. The first-order valence-corrected chi connectivity index (χ1v) is 4.85. The molecule has 0 aromatic heterocycles. The van der Waals surface area contributed by atoms with E-state index in [1.54, 1.807) is 6.07 Å². The van der Waals surface area contributed by atoms with E-state index < -0.39 is 0 Å². The number of amides is 1. The van der Waals surface area contributed by atoms with Crippen LogP contribution in [0, 0.1) is 0 Å². The van der Waals surface area contributed by atoms with Crippen LogP contribution in [0.25, 0.3) is 0 Å². The van der Waals surface area contributed by atoms with E-state index in [0.717, 1.165) is 12.0 Å². The lowest BCUT2D eigenvalue weighted by molar-refractivity contribution is 0.0956. The maximum absolute atomic E-state index is 11.5. The van der Waals surface area contributed by atoms with Gasteiger partial charge in [-0.1, -0.05) is 6.92 Å². The highest BCUT2D eigenvalue weighted by Gasteiger charge is 2.05. The van der Waals surface area contributed by atoms with E-state index in [4.69, 9.17) is 5.73 Å². The topological polar surface area (TPSA) is 55.1 Å². The van der Waals surface area contributed by atoms with Gasteiger partial charge < -0.3 is 11.1 Å². The summed E-state index contributed by atoms with van der Waals surface area (Å²) in [6.07, 6.45) is 0.886. The molecule has 0 heterocycles. The van der Waals surface area contributed by atoms with Crippen molar-refractivity contribution in [3.8, 4) is 0 Å². The smallest absolute Gasteiger partial charge is 0.251 e. The summed E-state index contributed by atoms with van der Waals surface area (Å²) in [7, 11) is 0. The molecule has 76 valence electrons. The maximum atomic E-state index is 11.5. The minimum Gasteiger partial charge on any atom is -0.399 e. The van der Waals surface area contributed by atoms with Gasteiger partial charge in [-0.15, -0.1) is 0 Å². The van der Waals surface area contributed by atoms with Gasteiger partial charge in [0.15, 0.2) is 0 Å². The molecule has 0 atom stereocenters. The fraction of sp³-hybridized carbons (Fsp3) is 0.364. The predicted octanol–water partition coefficient (Wildman–Crippen LogP) is 1.58. The average molecular weight is 192 g/mol. The minimum atomic E-state index is -0.0606. The van der Waals surface area contributed by atoms with Crippen LogP contribution in [-0.2, 0) is 6.42 Å². The lowest BCUT2D eigenvalue weighted by atomic mass is 10.1. The van der Waals surface area contributed by atoms with E-state index in [1.807, 2.05) is 26.0 Å². The Kier molecular flexibility index (Phi) is 3.51. The number of nitrogens with two attached hydrogens (primary N) is 1. The second-order valence-electron chi connectivity index (χ2n) is 3.18. The number of anilines is 1. The molecule has 0 aliphatic rings. The summed E-state index contributed by atoms with van der Waals surface area (Å²) in [5.74, 6) is -0.0606. The van der Waals surface area contributed by atoms with Crippen LogP contribution in [0.4, 0.5) is 5.69 Å². The zero-order valence-corrected chi connectivity index (χ0v) is 8.63. The van der Waals surface area contributed by atoms with Crippen LogP contribution in [0.5, 0.6) is 0 Å². The van der Waals surface area contributed by atoms with Crippen molar-refractivity contribution in [2.75, 3.05) is 12.3 Å². The van der Waals surface area contributed by atoms with Crippen molar-refractivity contribution in [3.63, 3.8) is 0 Å². The number of rotatable bonds is 3. The van der Waals surface area contributed by atoms with E-state index in [0.29, 0.717) is 17.8 Å². The summed E-state index contributed by atoms with van der Waals surface area (Å²) >= 11 is 0. The molecule has 3 N–H and O–H groups in total. The molecule has 1 amide bonds. The van der Waals surface area contributed by atoms with Gasteiger partial charge in [0.25, 0.3) is 5.91 Å². The Labute approximate surface area is 84.3 Å². The molecule has 1 aromatic rings. The first-order chi connectivity index (χ1) is 6.67. The molecule has 0 aliphatic carbocycles. The maximum Gasteiger partial charge on any atom is 0.251 e. The van der Waals surface area contributed by atoms with Crippen molar-refractivity contribution in [2.24, 2.45) is 0 Å². The number of carbonyl (C=O) groups excluding carboxylic acids is 1. The molecule has 0 spiro atoms. The van der Waals surface area contributed by atoms with Crippen molar-refractivity contribution in [1.82, 2.24) is 5.32 Å². The molecule has 3 nitrogen and oxygen atoms in total. The number of hydrogen-bond acceptors (Lipinski definition) is 2. The Bertz CT molecular complexity index is 334. The summed E-state index contributed by atoms with van der Waals surface area (Å²) in [6.45, 7) is 4.57. The highest BCUT2D eigenvalue weighted by molar-refractivity contribution is 5.95. The van der Waals surface area contributed by atoms with Gasteiger partial charge in [0.05, 0.1) is 0 Å². The van der Waals surface area contributed by atoms with Crippen LogP contribution in [0.1, 0.15) is 29.8 Å². The molecule has 0 saturated carbocycles. The third kappa shape index (κ3) is 2.49. The molecule has 1 rings (SSSR count). The van der Waals surface area contributed by atoms with Crippen molar-refractivity contribution in [2.45, 2.75) is 20.3 Å². The fourth-order valence-corrected chi connectivity index (χ4v) is 1.32. The largest absolute Gasteiger partial charge is 0.399 e. The van der Waals surface area contributed by atoms with Gasteiger partial charge >= 0.3 is 0 Å². The number of carbonyl (C=O) groups is 1. The number of nitrogens with one attached hydrogen (secondary N) is 1. The number of benzene rings is 1. The van der Waals surface area contributed by atoms with E-state index >= 15 is 0 Å². The van der Waals surface area contributed by atoms with Gasteiger partial charge in [-0.3, -0.25) is 4.79 Å². The fourth-order valence-electron chi connectivity index (χ4n) is 1.32. The normalized spacial score (nSPS) is 9.86. The Balaban J connectivity index is 2.96. The zero-order valence-electron chi connectivity index (χ0n) is 8.63. The van der Waals surface area contributed by atoms with Gasteiger partial charge in [-0.25, -0.2) is 0 Å². The van der Waals surface area contributed by atoms with E-state index in [9.17, 15) is 4.79 Å². The lowest BCUT2D eigenvalue weighted by Crippen LogP contribution is -2.22. The van der Waals surface area contributed by atoms with Crippen molar-refractivity contribution >= 4 is 11.6 Å². The minimum absolute atomic E-state index is 0.0606. The lowest BCUT2D eigenvalue weighted by Gasteiger charge is -2.05. The quantitative estimate of drug-likeness (QED) is 0.714. The van der Waals surface area contributed by atoms with Gasteiger partial charge in [0.2, 0.25) is 0 Å². The average Bonchev–Trinajstić information content (AvgIpc) is 2.17. The molecule has 0 unspecified atom stereocenters. The summed E-state index contributed by atoms with van der Waals surface area (Å²) in [5.41, 5.74) is 8.06. The Morgan fingerprint density at radius 3 is 2.64 bits per heavy atom. The molecule has 0 fully saturated rings. The number of aryl methyl sites for hydroxylation is 1. The van der Waals surface area contributed by atoms with Gasteiger partial charge in [-0.05, 0) is 37.1 Å². The van der Waals surface area contributed by atoms with E-state index in [2.05, 4.69) is 5.32 Å². The summed E-state index contributed by atoms with van der Waals surface area (Å²) in [6, 6.07) is 5.47. The summed E-state index contributed by atoms with van der Waals surface area (Å²) in [4.78, 5) is 11.5. The summed E-state index contributed by atoms with van der Waals surface area (Å²) in [5, 5.41) is 2.75. The van der Waals surface area contributed by atoms with Crippen LogP contribution in [0.2, 0.25) is 0 Å². The number of hydrogen-bond donors (Lipinski definition) is 2. The Morgan fingerprint density at radius 1 is 1.36 bits per heavy atom. The van der Waals surface area contributed by atoms with Crippen LogP contribution in [0.15, 0.2) is 18.2 Å². The van der Waals surface area contributed by atoms with Crippen LogP contribution >= 0.6 is 0 Å². The molecule has 14 heavy (non-hydrogen) atoms. The molecular formula is C11H16N2O. The van der Waals surface area contributed by atoms with Crippen LogP contribution in [-0.4, -0.2) is 12.5 Å². The third-order valence-corrected chi connectivity index (χ3v) is 2.02. The van der Waals surface area contributed by atoms with Gasteiger partial charge in [-0.2, -0.15) is 0 Å². The predicted molar refractivity (Wildman–Crippen MR) is 58.2 cm³/mol. The third-order valence-electron chi connectivity index (χ3n) is 2.02. The Morgan fingerprint density at radius 2 is 2.07 bits per heavy atom. The van der Waals surface area contributed by atoms with Crippen molar-refractivity contribution < 1.29 is 4.79 Å². The second-order valence-corrected chi connectivity index (χ2v) is 3.18. The number of nitrogen functional groups attached to an aromatic ring is 1. The van der Waals surface area contributed by atoms with Crippen LogP contribution < -0.4 is 11.1 Å². The molecule has 3 heteroatoms. The van der Waals surface area contributed by atoms with E-state index in [-0.39, 0.29) is 5.91 Å². The van der Waals surface area contributed by atoms with Gasteiger partial charge in [0, 0.05) is 17.8 Å². The van der Waals surface area contributed by atoms with Crippen molar-refractivity contribution in [1.29, 1.82) is 0 Å². The standard InChI is InChI=1S/C11H16N2O/c1-3-8-5-9(7-10(12)6-8)11(14)13-4-2/h5-7H,3-4,12H2,1-2H3,(H,13,14). The monoisotopic (exact) mass is 192 g/mol. The molecular weight excluding hydrogens is 176 g/mol. The summed E-state index contributed by atoms with van der Waals surface area (Å²) < 4.78 is 0. The van der Waals surface area contributed by atoms with Crippen molar-refractivity contribution in [3.05, 3.63) is 29.3 Å². The molecule has 0 aliphatic heterocycles. The van der Waals surface area contributed by atoms with E-state index in [1.165, 1.54) is 0 Å². The first kappa shape index (κ1) is 10.6. The molecule has 0 bridgehead atoms. The Hall–Kier alpha value is -1.51. The zero-order chi connectivity index (χ0) is 10.6. The first-order valence-electron chi connectivity index (χ1n) is 4.85. The molecule has 1 aromatic carbocycles. The van der Waals surface area contributed by atoms with Gasteiger partial charge in [0.1, 0.15) is 0 Å². The SMILES string of the molecule is CCNC(=O)c1cc(N)cc(CC)c1.